The Morgan fingerprint density at radius 2 is 2.67 bits per heavy atom. The Morgan fingerprint density at radius 1 is 1.89 bits per heavy atom. The Morgan fingerprint density at radius 3 is 3.11 bits per heavy atom. The molecule has 52 valence electrons. The lowest BCUT2D eigenvalue weighted by Crippen LogP contribution is -2.16. The molecule has 1 aliphatic heterocycles. The van der Waals surface area contributed by atoms with E-state index >= 15 is 0 Å². The van der Waals surface area contributed by atoms with Gasteiger partial charge in [-0.05, 0) is 6.42 Å². The zero-order valence-electron chi connectivity index (χ0n) is 5.72. The van der Waals surface area contributed by atoms with E-state index in [1.54, 1.807) is 0 Å². The molecule has 0 saturated heterocycles. The van der Waals surface area contributed by atoms with E-state index in [4.69, 9.17) is 5.11 Å². The second-order valence-electron chi connectivity index (χ2n) is 2.46. The second-order valence-corrected chi connectivity index (χ2v) is 2.46. The van der Waals surface area contributed by atoms with Gasteiger partial charge in [0.2, 0.25) is 0 Å². The first-order valence-corrected chi connectivity index (χ1v) is 3.39. The Balaban J connectivity index is 2.40. The minimum Gasteiger partial charge on any atom is -0.396 e. The molecule has 0 saturated carbocycles. The predicted molar refractivity (Wildman–Crippen MR) is 37.0 cm³/mol. The smallest absolute Gasteiger partial charge is 0.0511 e. The average Bonchev–Trinajstić information content (AvgIpc) is 2.37. The van der Waals surface area contributed by atoms with E-state index < -0.39 is 0 Å². The van der Waals surface area contributed by atoms with E-state index in [0.29, 0.717) is 5.92 Å². The van der Waals surface area contributed by atoms with Crippen LogP contribution in [0.25, 0.3) is 0 Å². The fourth-order valence-electron chi connectivity index (χ4n) is 0.990. The molecule has 0 spiro atoms. The first-order valence-electron chi connectivity index (χ1n) is 3.39. The van der Waals surface area contributed by atoms with Crippen molar-refractivity contribution < 1.29 is 5.11 Å². The van der Waals surface area contributed by atoms with E-state index in [9.17, 15) is 0 Å². The lowest BCUT2D eigenvalue weighted by molar-refractivity contribution is 0.252. The highest BCUT2D eigenvalue weighted by Crippen LogP contribution is 2.10. The summed E-state index contributed by atoms with van der Waals surface area (Å²) in [6.45, 7) is 3.31. The normalized spacial score (nSPS) is 20.9. The third kappa shape index (κ3) is 1.45. The zero-order valence-corrected chi connectivity index (χ0v) is 5.72. The lowest BCUT2D eigenvalue weighted by atomic mass is 10.1. The maximum Gasteiger partial charge on any atom is 0.0511 e. The van der Waals surface area contributed by atoms with Crippen LogP contribution in [0.4, 0.5) is 0 Å². The van der Waals surface area contributed by atoms with Crippen LogP contribution in [-0.2, 0) is 0 Å². The molecule has 0 amide bonds. The van der Waals surface area contributed by atoms with Gasteiger partial charge in [-0.15, -0.1) is 0 Å². The maximum atomic E-state index is 8.71. The van der Waals surface area contributed by atoms with E-state index in [-0.39, 0.29) is 6.61 Å². The van der Waals surface area contributed by atoms with E-state index in [1.807, 2.05) is 6.92 Å². The van der Waals surface area contributed by atoms with Crippen molar-refractivity contribution in [3.05, 3.63) is 11.8 Å². The van der Waals surface area contributed by atoms with Crippen molar-refractivity contribution in [1.82, 2.24) is 5.32 Å². The van der Waals surface area contributed by atoms with Crippen LogP contribution in [0, 0.1) is 5.92 Å². The molecule has 0 aromatic heterocycles. The highest BCUT2D eigenvalue weighted by Gasteiger charge is 2.09. The van der Waals surface area contributed by atoms with Crippen LogP contribution in [0.1, 0.15) is 13.3 Å². The molecule has 1 heterocycles. The van der Waals surface area contributed by atoms with Crippen LogP contribution in [-0.4, -0.2) is 18.3 Å². The Bertz CT molecular complexity index is 120. The van der Waals surface area contributed by atoms with Crippen LogP contribution in [0.2, 0.25) is 0 Å². The van der Waals surface area contributed by atoms with Crippen molar-refractivity contribution in [3.63, 3.8) is 0 Å². The van der Waals surface area contributed by atoms with Crippen LogP contribution >= 0.6 is 0 Å². The standard InChI is InChI=1S/C7H13NO/c1-6(5-9)7-3-2-4-8-7/h3,6,8-9H,2,4-5H2,1H3. The van der Waals surface area contributed by atoms with Crippen molar-refractivity contribution in [2.45, 2.75) is 13.3 Å². The largest absolute Gasteiger partial charge is 0.396 e. The molecule has 0 aromatic rings. The Hall–Kier alpha value is -0.500. The zero-order chi connectivity index (χ0) is 6.69. The fraction of sp³-hybridized carbons (Fsp3) is 0.714. The minimum absolute atomic E-state index is 0.249. The Labute approximate surface area is 55.6 Å². The highest BCUT2D eigenvalue weighted by atomic mass is 16.3. The van der Waals surface area contributed by atoms with E-state index in [0.717, 1.165) is 13.0 Å². The molecule has 1 atom stereocenters. The topological polar surface area (TPSA) is 32.3 Å². The lowest BCUT2D eigenvalue weighted by Gasteiger charge is -2.09. The highest BCUT2D eigenvalue weighted by molar-refractivity contribution is 5.08. The summed E-state index contributed by atoms with van der Waals surface area (Å²) < 4.78 is 0. The van der Waals surface area contributed by atoms with Gasteiger partial charge in [-0.2, -0.15) is 0 Å². The van der Waals surface area contributed by atoms with Crippen molar-refractivity contribution in [2.24, 2.45) is 5.92 Å². The second kappa shape index (κ2) is 2.87. The number of hydrogen-bond acceptors (Lipinski definition) is 2. The van der Waals surface area contributed by atoms with Gasteiger partial charge in [0, 0.05) is 18.2 Å². The summed E-state index contributed by atoms with van der Waals surface area (Å²) in [6, 6.07) is 0. The summed E-state index contributed by atoms with van der Waals surface area (Å²) in [6.07, 6.45) is 3.26. The number of aliphatic hydroxyl groups is 1. The number of hydrogen-bond donors (Lipinski definition) is 2. The van der Waals surface area contributed by atoms with Crippen LogP contribution in [0.15, 0.2) is 11.8 Å². The third-order valence-corrected chi connectivity index (χ3v) is 1.64. The fourth-order valence-corrected chi connectivity index (χ4v) is 0.990. The van der Waals surface area contributed by atoms with Gasteiger partial charge >= 0.3 is 0 Å². The van der Waals surface area contributed by atoms with Gasteiger partial charge in [-0.25, -0.2) is 0 Å². The monoisotopic (exact) mass is 127 g/mol. The molecule has 1 unspecified atom stereocenters. The van der Waals surface area contributed by atoms with Gasteiger partial charge in [-0.3, -0.25) is 0 Å². The molecule has 2 nitrogen and oxygen atoms in total. The molecule has 0 aliphatic carbocycles. The first kappa shape index (κ1) is 6.62. The van der Waals surface area contributed by atoms with Crippen LogP contribution < -0.4 is 5.32 Å². The summed E-state index contributed by atoms with van der Waals surface area (Å²) in [5.41, 5.74) is 1.21. The molecular formula is C7H13NO. The number of rotatable bonds is 2. The molecular weight excluding hydrogens is 114 g/mol. The third-order valence-electron chi connectivity index (χ3n) is 1.64. The summed E-state index contributed by atoms with van der Waals surface area (Å²) in [4.78, 5) is 0. The SMILES string of the molecule is CC(CO)C1=CCCN1. The summed E-state index contributed by atoms with van der Waals surface area (Å²) >= 11 is 0. The molecule has 0 fully saturated rings. The molecule has 9 heavy (non-hydrogen) atoms. The predicted octanol–water partition coefficient (Wildman–Crippen LogP) is 0.492. The van der Waals surface area contributed by atoms with Gasteiger partial charge in [0.05, 0.1) is 6.61 Å². The molecule has 2 heteroatoms. The molecule has 1 rings (SSSR count). The average molecular weight is 127 g/mol. The Kier molecular flexibility index (Phi) is 2.11. The van der Waals surface area contributed by atoms with Crippen LogP contribution in [0.3, 0.4) is 0 Å². The minimum atomic E-state index is 0.249. The first-order chi connectivity index (χ1) is 4.34. The summed E-state index contributed by atoms with van der Waals surface area (Å²) in [7, 11) is 0. The van der Waals surface area contributed by atoms with Crippen molar-refractivity contribution in [3.8, 4) is 0 Å². The van der Waals surface area contributed by atoms with Crippen LogP contribution in [0.5, 0.6) is 0 Å². The molecule has 1 aliphatic rings. The van der Waals surface area contributed by atoms with Crippen molar-refractivity contribution in [2.75, 3.05) is 13.2 Å². The summed E-state index contributed by atoms with van der Waals surface area (Å²) in [5, 5.41) is 11.9. The number of aliphatic hydroxyl groups excluding tert-OH is 1. The van der Waals surface area contributed by atoms with Gasteiger partial charge in [0.25, 0.3) is 0 Å². The van der Waals surface area contributed by atoms with Gasteiger partial charge in [0.1, 0.15) is 0 Å². The van der Waals surface area contributed by atoms with Gasteiger partial charge in [-0.1, -0.05) is 13.0 Å². The van der Waals surface area contributed by atoms with Crippen molar-refractivity contribution >= 4 is 0 Å². The quantitative estimate of drug-likeness (QED) is 0.566. The molecule has 0 bridgehead atoms. The number of nitrogens with one attached hydrogen (secondary N) is 1. The van der Waals surface area contributed by atoms with E-state index in [1.165, 1.54) is 5.70 Å². The molecule has 0 radical (unpaired) electrons. The van der Waals surface area contributed by atoms with E-state index in [2.05, 4.69) is 11.4 Å². The van der Waals surface area contributed by atoms with Crippen molar-refractivity contribution in [1.29, 1.82) is 0 Å². The van der Waals surface area contributed by atoms with Gasteiger partial charge in [0.15, 0.2) is 0 Å². The maximum absolute atomic E-state index is 8.71. The molecule has 0 aromatic carbocycles. The van der Waals surface area contributed by atoms with Gasteiger partial charge < -0.3 is 10.4 Å². The summed E-state index contributed by atoms with van der Waals surface area (Å²) in [5.74, 6) is 0.299. The molecule has 2 N–H and O–H groups in total.